The molecular formula is C4H13Al. The van der Waals surface area contributed by atoms with Gasteiger partial charge in [0.1, 0.15) is 0 Å². The van der Waals surface area contributed by atoms with Crippen molar-refractivity contribution in [2.24, 2.45) is 5.92 Å². The molecule has 32 valence electrons. The predicted molar refractivity (Wildman–Crippen MR) is 30.3 cm³/mol. The van der Waals surface area contributed by atoms with Crippen molar-refractivity contribution in [1.29, 1.82) is 0 Å². The Morgan fingerprint density at radius 2 is 2.20 bits per heavy atom. The Morgan fingerprint density at radius 3 is 2.20 bits per heavy atom. The summed E-state index contributed by atoms with van der Waals surface area (Å²) in [4.78, 5) is 0. The fourth-order valence-corrected chi connectivity index (χ4v) is 0. The zero-order valence-electron chi connectivity index (χ0n) is 6.28. The van der Waals surface area contributed by atoms with E-state index in [9.17, 15) is 0 Å². The molecule has 0 spiro atoms. The number of hydrogen-bond donors (Lipinski definition) is 0. The zero-order valence-corrected chi connectivity index (χ0v) is 6.28. The van der Waals surface area contributed by atoms with E-state index < -0.39 is 0 Å². The van der Waals surface area contributed by atoms with E-state index >= 15 is 0 Å². The smallest absolute Gasteiger partial charge is 0.0990 e. The second-order valence-corrected chi connectivity index (χ2v) is 2.62. The summed E-state index contributed by atoms with van der Waals surface area (Å²) in [6.07, 6.45) is 0. The monoisotopic (exact) mass is 88.1 g/mol. The van der Waals surface area contributed by atoms with Gasteiger partial charge in [-0.1, -0.05) is 25.0 Å². The van der Waals surface area contributed by atoms with Crippen molar-refractivity contribution in [1.82, 2.24) is 0 Å². The molecule has 0 N–H and O–H groups in total. The third-order valence-electron chi connectivity index (χ3n) is 0.816. The molecule has 0 amide bonds. The van der Waals surface area contributed by atoms with Gasteiger partial charge in [-0.15, -0.1) is 0 Å². The summed E-state index contributed by atoms with van der Waals surface area (Å²) in [5.74, 6) is 0.946. The molecule has 0 aromatic rings. The van der Waals surface area contributed by atoms with Gasteiger partial charge in [0.25, 0.3) is 0 Å². The van der Waals surface area contributed by atoms with Crippen molar-refractivity contribution in [3.63, 3.8) is 0 Å². The summed E-state index contributed by atoms with van der Waals surface area (Å²) in [6.45, 7) is 4.51. The van der Waals surface area contributed by atoms with Crippen LogP contribution in [-0.2, 0) is 0 Å². The molecule has 0 heterocycles. The summed E-state index contributed by atoms with van der Waals surface area (Å²) in [5.41, 5.74) is 0. The van der Waals surface area contributed by atoms with Gasteiger partial charge < -0.3 is 0 Å². The average molecular weight is 88.1 g/mol. The van der Waals surface area contributed by atoms with Crippen LogP contribution >= 0.6 is 0 Å². The highest BCUT2D eigenvalue weighted by Gasteiger charge is 1.80. The summed E-state index contributed by atoms with van der Waals surface area (Å²) < 4.78 is 10.0. The van der Waals surface area contributed by atoms with Crippen molar-refractivity contribution >= 4 is 16.3 Å². The molecule has 5 heavy (non-hydrogen) atoms. The van der Waals surface area contributed by atoms with Gasteiger partial charge in [0.05, 0.1) is 0 Å². The maximum absolute atomic E-state index is 5.00. The molecule has 0 aliphatic carbocycles. The van der Waals surface area contributed by atoms with Crippen molar-refractivity contribution < 1.29 is 2.97 Å². The molecule has 0 aliphatic heterocycles. The molecule has 0 fully saturated rings. The molecule has 0 saturated carbocycles. The van der Waals surface area contributed by atoms with Crippen molar-refractivity contribution in [3.8, 4) is 0 Å². The molecule has 1 heteroatoms. The Bertz CT molecular complexity index is 23.7. The summed E-state index contributed by atoms with van der Waals surface area (Å²) in [6, 6.07) is 0. The van der Waals surface area contributed by atoms with E-state index in [1.165, 1.54) is 21.6 Å². The summed E-state index contributed by atoms with van der Waals surface area (Å²) in [7, 11) is 0. The highest BCUT2D eigenvalue weighted by molar-refractivity contribution is 6.08. The second kappa shape index (κ2) is 2.75. The Labute approximate surface area is 45.1 Å². The first-order chi connectivity index (χ1) is 3.27. The van der Waals surface area contributed by atoms with E-state index in [0.717, 1.165) is 5.92 Å². The van der Waals surface area contributed by atoms with Crippen LogP contribution in [-0.4, -0.2) is 16.3 Å². The van der Waals surface area contributed by atoms with Gasteiger partial charge in [-0.25, -0.2) is 0 Å². The highest BCUT2D eigenvalue weighted by Crippen LogP contribution is 1.92. The summed E-state index contributed by atoms with van der Waals surface area (Å²) >= 11 is 1.37. The van der Waals surface area contributed by atoms with Crippen molar-refractivity contribution in [3.05, 3.63) is 0 Å². The minimum atomic E-state index is 0.946. The van der Waals surface area contributed by atoms with Crippen LogP contribution in [0.15, 0.2) is 0 Å². The van der Waals surface area contributed by atoms with Gasteiger partial charge >= 0.3 is 0 Å². The molecule has 0 saturated heterocycles. The Kier molecular flexibility index (Phi) is 2.04. The van der Waals surface area contributed by atoms with Gasteiger partial charge in [0.15, 0.2) is 0 Å². The third kappa shape index (κ3) is 4.53. The maximum atomic E-state index is 5.00. The van der Waals surface area contributed by atoms with Crippen LogP contribution in [0.1, 0.15) is 16.8 Å². The lowest BCUT2D eigenvalue weighted by Gasteiger charge is -1.90. The lowest BCUT2D eigenvalue weighted by Crippen LogP contribution is -1.80. The molecule has 0 radical (unpaired) electrons. The average Bonchev–Trinajstić information content (AvgIpc) is 1.73. The van der Waals surface area contributed by atoms with Crippen molar-refractivity contribution in [2.45, 2.75) is 19.1 Å². The molecule has 0 nitrogen and oxygen atoms in total. The molecule has 0 aromatic carbocycles. The Hall–Kier alpha value is 0.532. The molecule has 0 aromatic heterocycles. The SMILES string of the molecule is CC(C)[CH2][AlH2].[H][H]. The largest absolute Gasteiger partial charge is 0.212 e. The van der Waals surface area contributed by atoms with Crippen LogP contribution < -0.4 is 0 Å². The van der Waals surface area contributed by atoms with E-state index in [0.29, 0.717) is 0 Å². The van der Waals surface area contributed by atoms with Gasteiger partial charge in [-0.2, -0.15) is 0 Å². The van der Waals surface area contributed by atoms with Crippen LogP contribution in [0.3, 0.4) is 0 Å². The van der Waals surface area contributed by atoms with Crippen molar-refractivity contribution in [2.75, 3.05) is 0 Å². The highest BCUT2D eigenvalue weighted by atomic mass is 27.0. The minimum absolute atomic E-state index is 0.946. The second-order valence-electron chi connectivity index (χ2n) is 1.80. The molecule has 0 aliphatic rings. The lowest BCUT2D eigenvalue weighted by atomic mass is 10.3. The van der Waals surface area contributed by atoms with Crippen LogP contribution in [0.2, 0.25) is 5.28 Å². The van der Waals surface area contributed by atoms with E-state index in [1.807, 2.05) is 0 Å². The van der Waals surface area contributed by atoms with Crippen LogP contribution in [0.4, 0.5) is 0 Å². The van der Waals surface area contributed by atoms with Gasteiger partial charge in [-0.05, 0) is 0 Å². The molecule has 0 rings (SSSR count). The van der Waals surface area contributed by atoms with Gasteiger partial charge in [-0.3, -0.25) is 0 Å². The van der Waals surface area contributed by atoms with E-state index in [-0.39, 0.29) is 0 Å². The van der Waals surface area contributed by atoms with Crippen LogP contribution in [0.5, 0.6) is 0 Å². The first-order valence-corrected chi connectivity index (χ1v) is 3.68. The van der Waals surface area contributed by atoms with E-state index in [2.05, 4.69) is 13.8 Å². The molecular weight excluding hydrogens is 75.0 g/mol. The first kappa shape index (κ1) is 3.71. The number of hydrogen-bond acceptors (Lipinski definition) is 0. The van der Waals surface area contributed by atoms with E-state index in [1.54, 1.807) is 0 Å². The molecule has 0 unspecified atom stereocenters. The third-order valence-corrected chi connectivity index (χ3v) is 2.45. The van der Waals surface area contributed by atoms with Crippen LogP contribution in [0, 0.1) is 5.92 Å². The quantitative estimate of drug-likeness (QED) is 0.418. The fraction of sp³-hybridized carbons (Fsp3) is 1.00. The van der Waals surface area contributed by atoms with Gasteiger partial charge in [0.2, 0.25) is 16.3 Å². The lowest BCUT2D eigenvalue weighted by molar-refractivity contribution is 0.735. The topological polar surface area (TPSA) is 0 Å². The Balaban J connectivity index is 0. The maximum Gasteiger partial charge on any atom is 0.212 e. The predicted octanol–water partition coefficient (Wildman–Crippen LogP) is 0.940. The zero-order chi connectivity index (χ0) is 6.28. The molecule has 0 atom stereocenters. The van der Waals surface area contributed by atoms with Gasteiger partial charge in [0, 0.05) is 2.97 Å². The Morgan fingerprint density at radius 1 is 2.00 bits per heavy atom. The number of rotatable bonds is 1. The first-order valence-electron chi connectivity index (χ1n) is 3.27. The normalized spacial score (nSPS) is 11.0. The van der Waals surface area contributed by atoms with Crippen LogP contribution in [0.25, 0.3) is 0 Å². The standard InChI is InChI=1S/C4H9.Al.H2.2H/c1-4(2)3;;;;/h4H,1H2,2-3H3;;1H;;. The molecule has 0 bridgehead atoms. The summed E-state index contributed by atoms with van der Waals surface area (Å²) in [5, 5.41) is 1.44. The fourth-order valence-electron chi connectivity index (χ4n) is 0. The van der Waals surface area contributed by atoms with E-state index in [4.69, 9.17) is 2.97 Å². The minimum Gasteiger partial charge on any atom is -0.0990 e.